The predicted molar refractivity (Wildman–Crippen MR) is 126 cm³/mol. The Morgan fingerprint density at radius 2 is 2.12 bits per heavy atom. The Labute approximate surface area is 190 Å². The van der Waals surface area contributed by atoms with Gasteiger partial charge in [0.1, 0.15) is 5.75 Å². The van der Waals surface area contributed by atoms with Gasteiger partial charge in [-0.05, 0) is 82.0 Å². The Morgan fingerprint density at radius 3 is 2.84 bits per heavy atom. The molecule has 0 fully saturated rings. The lowest BCUT2D eigenvalue weighted by atomic mass is 9.90. The van der Waals surface area contributed by atoms with E-state index < -0.39 is 0 Å². The molecule has 1 aliphatic heterocycles. The van der Waals surface area contributed by atoms with E-state index in [2.05, 4.69) is 34.6 Å². The summed E-state index contributed by atoms with van der Waals surface area (Å²) >= 11 is 0. The van der Waals surface area contributed by atoms with Gasteiger partial charge in [0.05, 0.1) is 18.3 Å². The van der Waals surface area contributed by atoms with Crippen LogP contribution in [0.15, 0.2) is 53.8 Å². The summed E-state index contributed by atoms with van der Waals surface area (Å²) in [5.41, 5.74) is 5.46. The van der Waals surface area contributed by atoms with Gasteiger partial charge in [-0.2, -0.15) is 0 Å². The molecule has 1 aliphatic carbocycles. The number of allylic oxidation sites excluding steroid dienone is 2. The third kappa shape index (κ3) is 5.31. The summed E-state index contributed by atoms with van der Waals surface area (Å²) in [5.74, 6) is 0.414. The highest BCUT2D eigenvalue weighted by Gasteiger charge is 2.25. The zero-order valence-electron chi connectivity index (χ0n) is 19.7. The van der Waals surface area contributed by atoms with E-state index in [1.54, 1.807) is 7.11 Å². The molecule has 0 bridgehead atoms. The Morgan fingerprint density at radius 1 is 1.31 bits per heavy atom. The second kappa shape index (κ2) is 11.2. The number of aryl methyl sites for hydroxylation is 1. The van der Waals surface area contributed by atoms with Crippen LogP contribution in [0.4, 0.5) is 0 Å². The number of esters is 1. The number of carbonyl (C=O) groups excluding carboxylic acids is 1. The zero-order chi connectivity index (χ0) is 23.1. The molecule has 0 radical (unpaired) electrons. The number of hydrogen-bond donors (Lipinski definition) is 2. The van der Waals surface area contributed by atoms with Gasteiger partial charge in [-0.15, -0.1) is 0 Å². The first kappa shape index (κ1) is 23.8. The molecule has 0 saturated heterocycles. The molecule has 172 valence electrons. The molecule has 6 heteroatoms. The maximum Gasteiger partial charge on any atom is 0.340 e. The molecule has 2 heterocycles. The third-order valence-electron chi connectivity index (χ3n) is 5.87. The molecule has 2 unspecified atom stereocenters. The molecule has 0 amide bonds. The monoisotopic (exact) mass is 438 g/mol. The SMILES string of the molecule is CCOC(=O)c1c(C)[nH]cccc2c(c1C)CCC1=CC(OC)C=CCC=C1C(NC)O2. The molecule has 1 aromatic rings. The highest BCUT2D eigenvalue weighted by molar-refractivity contribution is 5.92. The van der Waals surface area contributed by atoms with E-state index in [0.29, 0.717) is 12.2 Å². The van der Waals surface area contributed by atoms with Crippen LogP contribution in [-0.4, -0.2) is 44.0 Å². The Hall–Kier alpha value is -2.83. The van der Waals surface area contributed by atoms with Gasteiger partial charge >= 0.3 is 5.97 Å². The van der Waals surface area contributed by atoms with Crippen LogP contribution in [0.2, 0.25) is 0 Å². The minimum Gasteiger partial charge on any atom is -0.471 e. The smallest absolute Gasteiger partial charge is 0.340 e. The summed E-state index contributed by atoms with van der Waals surface area (Å²) in [6.07, 6.45) is 12.3. The number of nitrogens with one attached hydrogen (secondary N) is 2. The van der Waals surface area contributed by atoms with Gasteiger partial charge in [0, 0.05) is 24.6 Å². The topological polar surface area (TPSA) is 72.6 Å². The highest BCUT2D eigenvalue weighted by atomic mass is 16.5. The average molecular weight is 439 g/mol. The van der Waals surface area contributed by atoms with E-state index in [4.69, 9.17) is 14.2 Å². The lowest BCUT2D eigenvalue weighted by Gasteiger charge is -2.29. The number of carbonyl (C=O) groups is 1. The molecule has 3 rings (SSSR count). The number of aromatic nitrogens is 1. The first-order valence-corrected chi connectivity index (χ1v) is 11.2. The van der Waals surface area contributed by atoms with E-state index in [1.165, 1.54) is 5.57 Å². The number of H-pyrrole nitrogens is 1. The maximum absolute atomic E-state index is 12.8. The molecule has 2 aliphatic rings. The molecule has 0 aromatic carbocycles. The van der Waals surface area contributed by atoms with Crippen LogP contribution < -0.4 is 10.1 Å². The van der Waals surface area contributed by atoms with Gasteiger partial charge in [-0.3, -0.25) is 5.32 Å². The number of hydrogen-bond acceptors (Lipinski definition) is 5. The fraction of sp³-hybridized carbons (Fsp3) is 0.423. The number of ether oxygens (including phenoxy) is 3. The Bertz CT molecular complexity index is 986. The predicted octanol–water partition coefficient (Wildman–Crippen LogP) is 4.63. The van der Waals surface area contributed by atoms with Crippen LogP contribution in [0.3, 0.4) is 0 Å². The molecule has 1 aromatic heterocycles. The lowest BCUT2D eigenvalue weighted by molar-refractivity contribution is 0.0524. The van der Waals surface area contributed by atoms with Crippen LogP contribution in [0.25, 0.3) is 0 Å². The van der Waals surface area contributed by atoms with Crippen molar-refractivity contribution in [3.05, 3.63) is 76.2 Å². The lowest BCUT2D eigenvalue weighted by Crippen LogP contribution is -2.35. The number of rotatable bonds is 4. The van der Waals surface area contributed by atoms with E-state index in [0.717, 1.165) is 47.4 Å². The van der Waals surface area contributed by atoms with Gasteiger partial charge in [-0.1, -0.05) is 18.2 Å². The first-order valence-electron chi connectivity index (χ1n) is 11.2. The van der Waals surface area contributed by atoms with Crippen molar-refractivity contribution in [2.75, 3.05) is 20.8 Å². The van der Waals surface area contributed by atoms with Gasteiger partial charge in [0.2, 0.25) is 0 Å². The largest absolute Gasteiger partial charge is 0.471 e. The van der Waals surface area contributed by atoms with E-state index >= 15 is 0 Å². The van der Waals surface area contributed by atoms with E-state index in [9.17, 15) is 4.79 Å². The number of aromatic amines is 1. The van der Waals surface area contributed by atoms with Crippen molar-refractivity contribution >= 4 is 5.97 Å². The number of likely N-dealkylation sites (N-methyl/N-ethyl adjacent to an activating group) is 1. The average Bonchev–Trinajstić information content (AvgIpc) is 2.80. The van der Waals surface area contributed by atoms with Gasteiger partial charge in [0.15, 0.2) is 6.23 Å². The summed E-state index contributed by atoms with van der Waals surface area (Å²) in [4.78, 5) is 16.0. The molecule has 0 spiro atoms. The van der Waals surface area contributed by atoms with E-state index in [1.807, 2.05) is 46.1 Å². The van der Waals surface area contributed by atoms with Crippen LogP contribution in [0, 0.1) is 13.8 Å². The van der Waals surface area contributed by atoms with Crippen molar-refractivity contribution in [2.24, 2.45) is 0 Å². The highest BCUT2D eigenvalue weighted by Crippen LogP contribution is 2.33. The van der Waals surface area contributed by atoms with Crippen molar-refractivity contribution in [2.45, 2.75) is 52.4 Å². The summed E-state index contributed by atoms with van der Waals surface area (Å²) < 4.78 is 17.5. The van der Waals surface area contributed by atoms with E-state index in [-0.39, 0.29) is 18.3 Å². The number of methoxy groups -OCH3 is 1. The summed E-state index contributed by atoms with van der Waals surface area (Å²) in [7, 11) is 3.61. The Balaban J connectivity index is 2.22. The summed E-state index contributed by atoms with van der Waals surface area (Å²) in [6, 6.07) is 3.86. The Kier molecular flexibility index (Phi) is 8.31. The van der Waals surface area contributed by atoms with Crippen molar-refractivity contribution in [1.29, 1.82) is 0 Å². The van der Waals surface area contributed by atoms with Crippen LogP contribution in [0.5, 0.6) is 5.75 Å². The second-order valence-electron chi connectivity index (χ2n) is 7.86. The van der Waals surface area contributed by atoms with Crippen LogP contribution in [0.1, 0.15) is 46.9 Å². The molecule has 32 heavy (non-hydrogen) atoms. The van der Waals surface area contributed by atoms with Crippen LogP contribution >= 0.6 is 0 Å². The molecule has 2 N–H and O–H groups in total. The molecule has 0 saturated carbocycles. The molecule has 2 atom stereocenters. The van der Waals surface area contributed by atoms with Gasteiger partial charge < -0.3 is 19.2 Å². The van der Waals surface area contributed by atoms with Gasteiger partial charge in [0.25, 0.3) is 0 Å². The first-order chi connectivity index (χ1) is 15.5. The van der Waals surface area contributed by atoms with Crippen LogP contribution in [-0.2, 0) is 15.9 Å². The zero-order valence-corrected chi connectivity index (χ0v) is 19.7. The number of fused-ring (bicyclic) bond motifs is 2. The fourth-order valence-corrected chi connectivity index (χ4v) is 4.23. The summed E-state index contributed by atoms with van der Waals surface area (Å²) in [6.45, 7) is 5.99. The molecular formula is C26H34N2O4. The fourth-order valence-electron chi connectivity index (χ4n) is 4.23. The van der Waals surface area contributed by atoms with Gasteiger partial charge in [-0.25, -0.2) is 4.79 Å². The van der Waals surface area contributed by atoms with Crippen molar-refractivity contribution in [1.82, 2.24) is 10.3 Å². The minimum atomic E-state index is -0.334. The molecular weight excluding hydrogens is 404 g/mol. The van der Waals surface area contributed by atoms with Crippen molar-refractivity contribution < 1.29 is 19.0 Å². The van der Waals surface area contributed by atoms with Crippen molar-refractivity contribution in [3.63, 3.8) is 0 Å². The summed E-state index contributed by atoms with van der Waals surface area (Å²) in [5, 5.41) is 3.31. The normalized spacial score (nSPS) is 20.0. The standard InChI is InChI=1S/C26H34N2O4/c1-6-31-26(29)24-17(2)21-14-13-19-16-20(30-5)10-7-8-11-22(19)25(27-4)32-23(21)12-9-15-28-18(24)3/h7,9-12,15-16,20,25,27-28H,6,8,13-14H2,1-5H3. The quantitative estimate of drug-likeness (QED) is 0.530. The second-order valence-corrected chi connectivity index (χ2v) is 7.86. The maximum atomic E-state index is 12.8. The molecule has 6 nitrogen and oxygen atoms in total. The van der Waals surface area contributed by atoms with Crippen molar-refractivity contribution in [3.8, 4) is 5.75 Å². The third-order valence-corrected chi connectivity index (χ3v) is 5.87. The minimum absolute atomic E-state index is 0.0828.